The first-order chi connectivity index (χ1) is 7.36. The molecule has 0 saturated heterocycles. The summed E-state index contributed by atoms with van der Waals surface area (Å²) < 4.78 is 0. The normalized spacial score (nSPS) is 18.5. The van der Waals surface area contributed by atoms with Gasteiger partial charge in [-0.1, -0.05) is 38.2 Å². The predicted octanol–water partition coefficient (Wildman–Crippen LogP) is 3.90. The van der Waals surface area contributed by atoms with E-state index in [-0.39, 0.29) is 0 Å². The van der Waals surface area contributed by atoms with Crippen molar-refractivity contribution >= 4 is 0 Å². The molecule has 0 aromatic heterocycles. The van der Waals surface area contributed by atoms with Crippen molar-refractivity contribution in [3.8, 4) is 0 Å². The molecule has 0 aromatic carbocycles. The molecule has 0 spiro atoms. The Bertz CT molecular complexity index is 161. The van der Waals surface area contributed by atoms with E-state index in [4.69, 9.17) is 0 Å². The second-order valence-electron chi connectivity index (χ2n) is 4.94. The van der Waals surface area contributed by atoms with Gasteiger partial charge in [0.1, 0.15) is 0 Å². The van der Waals surface area contributed by atoms with E-state index in [1.807, 2.05) is 6.08 Å². The van der Waals surface area contributed by atoms with Gasteiger partial charge in [0, 0.05) is 6.04 Å². The van der Waals surface area contributed by atoms with Gasteiger partial charge in [-0.25, -0.2) is 0 Å². The molecule has 1 aliphatic rings. The molecule has 0 aromatic rings. The third-order valence-electron chi connectivity index (χ3n) is 3.71. The maximum Gasteiger partial charge on any atom is 0.00667 e. The summed E-state index contributed by atoms with van der Waals surface area (Å²) in [4.78, 5) is 0. The van der Waals surface area contributed by atoms with Crippen LogP contribution in [-0.2, 0) is 0 Å². The highest BCUT2D eigenvalue weighted by atomic mass is 14.9. The fourth-order valence-electron chi connectivity index (χ4n) is 2.37. The van der Waals surface area contributed by atoms with E-state index in [2.05, 4.69) is 18.9 Å². The zero-order valence-electron chi connectivity index (χ0n) is 10.3. The molecule has 1 heteroatoms. The van der Waals surface area contributed by atoms with Gasteiger partial charge in [0.15, 0.2) is 0 Å². The smallest absolute Gasteiger partial charge is 0.00667 e. The van der Waals surface area contributed by atoms with Crippen molar-refractivity contribution in [1.82, 2.24) is 5.32 Å². The van der Waals surface area contributed by atoms with E-state index in [1.165, 1.54) is 57.8 Å². The van der Waals surface area contributed by atoms with Crippen LogP contribution in [0.25, 0.3) is 0 Å². The molecule has 0 aliphatic heterocycles. The Labute approximate surface area is 95.3 Å². The Balaban J connectivity index is 1.97. The molecule has 0 bridgehead atoms. The van der Waals surface area contributed by atoms with Crippen molar-refractivity contribution in [3.63, 3.8) is 0 Å². The van der Waals surface area contributed by atoms with Gasteiger partial charge in [0.05, 0.1) is 0 Å². The monoisotopic (exact) mass is 209 g/mol. The summed E-state index contributed by atoms with van der Waals surface area (Å²) in [6.45, 7) is 3.76. The van der Waals surface area contributed by atoms with E-state index in [1.54, 1.807) is 0 Å². The van der Waals surface area contributed by atoms with E-state index < -0.39 is 0 Å². The van der Waals surface area contributed by atoms with E-state index >= 15 is 0 Å². The van der Waals surface area contributed by atoms with Crippen LogP contribution in [0, 0.1) is 5.92 Å². The fraction of sp³-hybridized carbons (Fsp3) is 0.857. The number of rotatable bonds is 9. The SMILES string of the molecule is C=CCCCCCC(CC1CCC1)NC. The minimum atomic E-state index is 0.777. The molecule has 1 saturated carbocycles. The summed E-state index contributed by atoms with van der Waals surface area (Å²) in [6, 6.07) is 0.777. The number of nitrogens with one attached hydrogen (secondary N) is 1. The lowest BCUT2D eigenvalue weighted by molar-refractivity contribution is 0.257. The summed E-state index contributed by atoms with van der Waals surface area (Å²) in [5.41, 5.74) is 0. The van der Waals surface area contributed by atoms with Crippen LogP contribution in [-0.4, -0.2) is 13.1 Å². The Morgan fingerprint density at radius 1 is 1.33 bits per heavy atom. The topological polar surface area (TPSA) is 12.0 Å². The Kier molecular flexibility index (Phi) is 6.74. The highest BCUT2D eigenvalue weighted by Gasteiger charge is 2.20. The first kappa shape index (κ1) is 12.8. The van der Waals surface area contributed by atoms with Gasteiger partial charge in [-0.15, -0.1) is 6.58 Å². The summed E-state index contributed by atoms with van der Waals surface area (Å²) in [6.07, 6.45) is 14.5. The first-order valence-electron chi connectivity index (χ1n) is 6.65. The van der Waals surface area contributed by atoms with Crippen LogP contribution in [0.15, 0.2) is 12.7 Å². The lowest BCUT2D eigenvalue weighted by atomic mass is 9.80. The van der Waals surface area contributed by atoms with Crippen molar-refractivity contribution in [3.05, 3.63) is 12.7 Å². The van der Waals surface area contributed by atoms with E-state index in [0.717, 1.165) is 12.0 Å². The maximum absolute atomic E-state index is 3.76. The number of hydrogen-bond acceptors (Lipinski definition) is 1. The average molecular weight is 209 g/mol. The number of unbranched alkanes of at least 4 members (excludes halogenated alkanes) is 3. The molecule has 1 aliphatic carbocycles. The molecular formula is C14H27N. The Morgan fingerprint density at radius 3 is 2.67 bits per heavy atom. The summed E-state index contributed by atoms with van der Waals surface area (Å²) >= 11 is 0. The summed E-state index contributed by atoms with van der Waals surface area (Å²) in [5.74, 6) is 1.04. The summed E-state index contributed by atoms with van der Waals surface area (Å²) in [7, 11) is 2.12. The number of allylic oxidation sites excluding steroid dienone is 1. The molecule has 88 valence electrons. The van der Waals surface area contributed by atoms with Crippen molar-refractivity contribution in [2.24, 2.45) is 5.92 Å². The van der Waals surface area contributed by atoms with Crippen molar-refractivity contribution in [2.45, 2.75) is 63.8 Å². The molecular weight excluding hydrogens is 182 g/mol. The van der Waals surface area contributed by atoms with Crippen LogP contribution in [0.2, 0.25) is 0 Å². The lowest BCUT2D eigenvalue weighted by Crippen LogP contribution is -2.29. The predicted molar refractivity (Wildman–Crippen MR) is 68.1 cm³/mol. The van der Waals surface area contributed by atoms with Crippen LogP contribution in [0.4, 0.5) is 0 Å². The summed E-state index contributed by atoms with van der Waals surface area (Å²) in [5, 5.41) is 3.47. The van der Waals surface area contributed by atoms with Crippen LogP contribution < -0.4 is 5.32 Å². The van der Waals surface area contributed by atoms with Gasteiger partial charge < -0.3 is 5.32 Å². The molecule has 1 N–H and O–H groups in total. The lowest BCUT2D eigenvalue weighted by Gasteiger charge is -2.29. The average Bonchev–Trinajstić information content (AvgIpc) is 2.19. The van der Waals surface area contributed by atoms with Gasteiger partial charge in [-0.05, 0) is 38.6 Å². The van der Waals surface area contributed by atoms with E-state index in [9.17, 15) is 0 Å². The molecule has 1 atom stereocenters. The third-order valence-corrected chi connectivity index (χ3v) is 3.71. The number of hydrogen-bond donors (Lipinski definition) is 1. The zero-order valence-corrected chi connectivity index (χ0v) is 10.3. The van der Waals surface area contributed by atoms with Crippen LogP contribution >= 0.6 is 0 Å². The van der Waals surface area contributed by atoms with Gasteiger partial charge in [0.2, 0.25) is 0 Å². The van der Waals surface area contributed by atoms with Gasteiger partial charge in [0.25, 0.3) is 0 Å². The molecule has 0 heterocycles. The van der Waals surface area contributed by atoms with Crippen molar-refractivity contribution in [1.29, 1.82) is 0 Å². The van der Waals surface area contributed by atoms with Crippen molar-refractivity contribution in [2.75, 3.05) is 7.05 Å². The maximum atomic E-state index is 3.76. The van der Waals surface area contributed by atoms with Crippen LogP contribution in [0.3, 0.4) is 0 Å². The molecule has 0 radical (unpaired) electrons. The molecule has 1 nitrogen and oxygen atoms in total. The van der Waals surface area contributed by atoms with Gasteiger partial charge in [-0.2, -0.15) is 0 Å². The molecule has 0 amide bonds. The standard InChI is InChI=1S/C14H27N/c1-3-4-5-6-7-11-14(15-2)12-13-9-8-10-13/h3,13-15H,1,4-12H2,2H3. The minimum Gasteiger partial charge on any atom is -0.317 e. The van der Waals surface area contributed by atoms with Gasteiger partial charge >= 0.3 is 0 Å². The third kappa shape index (κ3) is 5.36. The zero-order chi connectivity index (χ0) is 10.9. The molecule has 1 rings (SSSR count). The molecule has 1 unspecified atom stereocenters. The molecule has 15 heavy (non-hydrogen) atoms. The second kappa shape index (κ2) is 7.92. The van der Waals surface area contributed by atoms with Crippen LogP contribution in [0.1, 0.15) is 57.8 Å². The highest BCUT2D eigenvalue weighted by molar-refractivity contribution is 4.76. The molecule has 1 fully saturated rings. The van der Waals surface area contributed by atoms with Gasteiger partial charge in [-0.3, -0.25) is 0 Å². The van der Waals surface area contributed by atoms with Crippen LogP contribution in [0.5, 0.6) is 0 Å². The van der Waals surface area contributed by atoms with Crippen molar-refractivity contribution < 1.29 is 0 Å². The van der Waals surface area contributed by atoms with E-state index in [0.29, 0.717) is 0 Å². The first-order valence-corrected chi connectivity index (χ1v) is 6.65. The minimum absolute atomic E-state index is 0.777. The second-order valence-corrected chi connectivity index (χ2v) is 4.94. The fourth-order valence-corrected chi connectivity index (χ4v) is 2.37. The largest absolute Gasteiger partial charge is 0.317 e. The highest BCUT2D eigenvalue weighted by Crippen LogP contribution is 2.31. The quantitative estimate of drug-likeness (QED) is 0.448. The Hall–Kier alpha value is -0.300. The Morgan fingerprint density at radius 2 is 2.13 bits per heavy atom.